The van der Waals surface area contributed by atoms with Crippen LogP contribution in [0, 0.1) is 11.8 Å². The van der Waals surface area contributed by atoms with Crippen molar-refractivity contribution < 1.29 is 14.3 Å². The lowest BCUT2D eigenvalue weighted by atomic mass is 9.80. The predicted octanol–water partition coefficient (Wildman–Crippen LogP) is 3.21. The second-order valence-corrected chi connectivity index (χ2v) is 7.63. The van der Waals surface area contributed by atoms with Crippen molar-refractivity contribution in [1.29, 1.82) is 0 Å². The van der Waals surface area contributed by atoms with Gasteiger partial charge in [-0.3, -0.25) is 9.59 Å². The van der Waals surface area contributed by atoms with E-state index in [-0.39, 0.29) is 17.9 Å². The smallest absolute Gasteiger partial charge is 0.261 e. The van der Waals surface area contributed by atoms with Gasteiger partial charge in [-0.25, -0.2) is 0 Å². The van der Waals surface area contributed by atoms with E-state index in [1.807, 2.05) is 5.38 Å². The van der Waals surface area contributed by atoms with E-state index in [4.69, 9.17) is 4.74 Å². The maximum Gasteiger partial charge on any atom is 0.261 e. The van der Waals surface area contributed by atoms with E-state index in [1.54, 1.807) is 13.2 Å². The summed E-state index contributed by atoms with van der Waals surface area (Å²) in [5, 5.41) is 7.88. The molecule has 1 aliphatic rings. The third-order valence-electron chi connectivity index (χ3n) is 4.75. The summed E-state index contributed by atoms with van der Waals surface area (Å²) in [5.74, 6) is 1.89. The Morgan fingerprint density at radius 3 is 2.79 bits per heavy atom. The van der Waals surface area contributed by atoms with Gasteiger partial charge in [-0.2, -0.15) is 0 Å². The van der Waals surface area contributed by atoms with Crippen molar-refractivity contribution in [3.8, 4) is 5.75 Å². The van der Waals surface area contributed by atoms with Crippen molar-refractivity contribution in [3.05, 3.63) is 16.3 Å². The molecule has 1 heterocycles. The second kappa shape index (κ2) is 9.06. The van der Waals surface area contributed by atoms with E-state index < -0.39 is 0 Å². The first-order chi connectivity index (χ1) is 11.5. The van der Waals surface area contributed by atoms with Crippen LogP contribution in [0.4, 0.5) is 0 Å². The first kappa shape index (κ1) is 18.8. The van der Waals surface area contributed by atoms with E-state index >= 15 is 0 Å². The molecule has 24 heavy (non-hydrogen) atoms. The Morgan fingerprint density at radius 2 is 2.17 bits per heavy atom. The standard InChI is InChI=1S/C18H28N2O3S/c1-4-12(2)5-6-17(21)20-14-7-13(8-14)10-19-18(22)16-9-15(23-3)11-24-16/h9,11-14H,4-8,10H2,1-3H3,(H,19,22)(H,20,21). The minimum absolute atomic E-state index is 0.0515. The lowest BCUT2D eigenvalue weighted by molar-refractivity contribution is -0.122. The van der Waals surface area contributed by atoms with E-state index in [9.17, 15) is 9.59 Å². The van der Waals surface area contributed by atoms with Gasteiger partial charge in [-0.15, -0.1) is 11.3 Å². The number of carbonyl (C=O) groups is 2. The molecule has 2 N–H and O–H groups in total. The fraction of sp³-hybridized carbons (Fsp3) is 0.667. The molecule has 2 amide bonds. The minimum Gasteiger partial charge on any atom is -0.496 e. The summed E-state index contributed by atoms with van der Waals surface area (Å²) in [6.45, 7) is 5.00. The highest BCUT2D eigenvalue weighted by atomic mass is 32.1. The largest absolute Gasteiger partial charge is 0.496 e. The molecule has 1 saturated carbocycles. The molecule has 0 radical (unpaired) electrons. The van der Waals surface area contributed by atoms with Crippen molar-refractivity contribution >= 4 is 23.2 Å². The Balaban J connectivity index is 1.59. The van der Waals surface area contributed by atoms with E-state index in [0.29, 0.717) is 35.4 Å². The summed E-state index contributed by atoms with van der Waals surface area (Å²) in [6.07, 6.45) is 4.59. The third kappa shape index (κ3) is 5.51. The first-order valence-electron chi connectivity index (χ1n) is 8.71. The van der Waals surface area contributed by atoms with Gasteiger partial charge in [0.1, 0.15) is 5.75 Å². The number of amides is 2. The van der Waals surface area contributed by atoms with Crippen molar-refractivity contribution in [2.24, 2.45) is 11.8 Å². The summed E-state index contributed by atoms with van der Waals surface area (Å²) in [7, 11) is 1.59. The molecule has 1 atom stereocenters. The van der Waals surface area contributed by atoms with Crippen LogP contribution in [0.15, 0.2) is 11.4 Å². The maximum atomic E-state index is 12.0. The fourth-order valence-corrected chi connectivity index (χ4v) is 3.54. The Bertz CT molecular complexity index is 552. The summed E-state index contributed by atoms with van der Waals surface area (Å²) < 4.78 is 5.09. The van der Waals surface area contributed by atoms with Crippen LogP contribution in [-0.4, -0.2) is 31.5 Å². The van der Waals surface area contributed by atoms with Crippen molar-refractivity contribution in [1.82, 2.24) is 10.6 Å². The molecule has 0 bridgehead atoms. The van der Waals surface area contributed by atoms with Gasteiger partial charge in [0.2, 0.25) is 5.91 Å². The van der Waals surface area contributed by atoms with Crippen LogP contribution in [0.5, 0.6) is 5.75 Å². The predicted molar refractivity (Wildman–Crippen MR) is 96.5 cm³/mol. The molecule has 2 rings (SSSR count). The number of ether oxygens (including phenoxy) is 1. The van der Waals surface area contributed by atoms with Crippen LogP contribution in [0.3, 0.4) is 0 Å². The Hall–Kier alpha value is -1.56. The molecule has 5 nitrogen and oxygen atoms in total. The molecule has 6 heteroatoms. The number of hydrogen-bond acceptors (Lipinski definition) is 4. The molecule has 1 aromatic rings. The van der Waals surface area contributed by atoms with Gasteiger partial charge in [0.25, 0.3) is 5.91 Å². The quantitative estimate of drug-likeness (QED) is 0.717. The van der Waals surface area contributed by atoms with Crippen molar-refractivity contribution in [2.45, 2.75) is 52.0 Å². The number of methoxy groups -OCH3 is 1. The molecule has 0 aliphatic heterocycles. The zero-order valence-electron chi connectivity index (χ0n) is 14.8. The van der Waals surface area contributed by atoms with Gasteiger partial charge in [0, 0.05) is 30.5 Å². The van der Waals surface area contributed by atoms with E-state index in [1.165, 1.54) is 11.3 Å². The summed E-state index contributed by atoms with van der Waals surface area (Å²) in [5.41, 5.74) is 0. The highest BCUT2D eigenvalue weighted by molar-refractivity contribution is 7.12. The van der Waals surface area contributed by atoms with Crippen LogP contribution in [0.2, 0.25) is 0 Å². The number of hydrogen-bond donors (Lipinski definition) is 2. The average molecular weight is 353 g/mol. The number of nitrogens with one attached hydrogen (secondary N) is 2. The zero-order chi connectivity index (χ0) is 17.5. The van der Waals surface area contributed by atoms with Crippen molar-refractivity contribution in [2.75, 3.05) is 13.7 Å². The van der Waals surface area contributed by atoms with Crippen LogP contribution < -0.4 is 15.4 Å². The zero-order valence-corrected chi connectivity index (χ0v) is 15.6. The van der Waals surface area contributed by atoms with Crippen LogP contribution in [0.25, 0.3) is 0 Å². The lowest BCUT2D eigenvalue weighted by Crippen LogP contribution is -2.47. The SMILES string of the molecule is CCC(C)CCC(=O)NC1CC(CNC(=O)c2cc(OC)cs2)C1. The topological polar surface area (TPSA) is 67.4 Å². The second-order valence-electron chi connectivity index (χ2n) is 6.71. The molecular weight excluding hydrogens is 324 g/mol. The number of rotatable bonds is 9. The first-order valence-corrected chi connectivity index (χ1v) is 9.59. The highest BCUT2D eigenvalue weighted by Gasteiger charge is 2.30. The maximum absolute atomic E-state index is 12.0. The number of thiophene rings is 1. The molecular formula is C18H28N2O3S. The van der Waals surface area contributed by atoms with Crippen LogP contribution >= 0.6 is 11.3 Å². The Morgan fingerprint density at radius 1 is 1.42 bits per heavy atom. The van der Waals surface area contributed by atoms with E-state index in [0.717, 1.165) is 25.7 Å². The average Bonchev–Trinajstić information content (AvgIpc) is 3.03. The molecule has 0 spiro atoms. The van der Waals surface area contributed by atoms with Gasteiger partial charge in [-0.1, -0.05) is 20.3 Å². The minimum atomic E-state index is -0.0515. The van der Waals surface area contributed by atoms with Gasteiger partial charge < -0.3 is 15.4 Å². The lowest BCUT2D eigenvalue weighted by Gasteiger charge is -2.36. The highest BCUT2D eigenvalue weighted by Crippen LogP contribution is 2.27. The molecule has 0 aromatic carbocycles. The van der Waals surface area contributed by atoms with E-state index in [2.05, 4.69) is 24.5 Å². The summed E-state index contributed by atoms with van der Waals surface area (Å²) in [6, 6.07) is 2.03. The summed E-state index contributed by atoms with van der Waals surface area (Å²) >= 11 is 1.38. The molecule has 1 unspecified atom stereocenters. The van der Waals surface area contributed by atoms with Crippen LogP contribution in [-0.2, 0) is 4.79 Å². The molecule has 1 aliphatic carbocycles. The van der Waals surface area contributed by atoms with Gasteiger partial charge in [-0.05, 0) is 31.1 Å². The molecule has 0 saturated heterocycles. The van der Waals surface area contributed by atoms with Crippen LogP contribution in [0.1, 0.15) is 55.6 Å². The fourth-order valence-electron chi connectivity index (χ4n) is 2.77. The summed E-state index contributed by atoms with van der Waals surface area (Å²) in [4.78, 5) is 24.6. The normalized spacial score (nSPS) is 20.8. The van der Waals surface area contributed by atoms with Gasteiger partial charge in [0.15, 0.2) is 0 Å². The van der Waals surface area contributed by atoms with Gasteiger partial charge in [0.05, 0.1) is 12.0 Å². The Kier molecular flexibility index (Phi) is 7.09. The monoisotopic (exact) mass is 352 g/mol. The van der Waals surface area contributed by atoms with Gasteiger partial charge >= 0.3 is 0 Å². The molecule has 134 valence electrons. The van der Waals surface area contributed by atoms with Crippen molar-refractivity contribution in [3.63, 3.8) is 0 Å². The number of carbonyl (C=O) groups excluding carboxylic acids is 2. The third-order valence-corrected chi connectivity index (χ3v) is 5.66. The molecule has 1 aromatic heterocycles. The molecule has 1 fully saturated rings. The Labute approximate surface area is 148 Å².